The van der Waals surface area contributed by atoms with Gasteiger partial charge >= 0.3 is 5.97 Å². The fourth-order valence-corrected chi connectivity index (χ4v) is 1.20. The Kier molecular flexibility index (Phi) is 2.02. The van der Waals surface area contributed by atoms with E-state index in [9.17, 15) is 4.79 Å². The number of carboxylic acids is 1. The largest absolute Gasteiger partial charge is 0.478 e. The monoisotopic (exact) mass is 188 g/mol. The van der Waals surface area contributed by atoms with Gasteiger partial charge in [-0.25, -0.2) is 9.48 Å². The minimum absolute atomic E-state index is 0.262. The van der Waals surface area contributed by atoms with Gasteiger partial charge in [-0.3, -0.25) is 0 Å². The Balaban J connectivity index is 2.46. The zero-order chi connectivity index (χ0) is 9.97. The number of hydrogen-bond donors (Lipinski definition) is 1. The zero-order valence-corrected chi connectivity index (χ0v) is 7.29. The predicted octanol–water partition coefficient (Wildman–Crippen LogP) is 1.57. The van der Waals surface area contributed by atoms with Crippen LogP contribution in [0.25, 0.3) is 5.69 Å². The number of carbonyl (C=O) groups is 1. The van der Waals surface area contributed by atoms with E-state index in [1.807, 2.05) is 0 Å². The summed E-state index contributed by atoms with van der Waals surface area (Å²) in [6.07, 6.45) is 3.41. The number of nitrogens with zero attached hydrogens (tertiary/aromatic N) is 2. The van der Waals surface area contributed by atoms with Gasteiger partial charge in [-0.2, -0.15) is 5.10 Å². The van der Waals surface area contributed by atoms with Gasteiger partial charge in [0, 0.05) is 12.4 Å². The SMILES string of the molecule is O=C(O)c1cccc(-n2cccn2)c1. The molecule has 0 spiro atoms. The van der Waals surface area contributed by atoms with Gasteiger partial charge in [0.05, 0.1) is 11.3 Å². The lowest BCUT2D eigenvalue weighted by Gasteiger charge is -2.01. The van der Waals surface area contributed by atoms with Crippen molar-refractivity contribution in [1.29, 1.82) is 0 Å². The molecule has 2 rings (SSSR count). The summed E-state index contributed by atoms with van der Waals surface area (Å²) >= 11 is 0. The summed E-state index contributed by atoms with van der Waals surface area (Å²) < 4.78 is 1.62. The quantitative estimate of drug-likeness (QED) is 0.778. The number of aromatic carboxylic acids is 1. The van der Waals surface area contributed by atoms with Gasteiger partial charge in [-0.05, 0) is 24.3 Å². The second kappa shape index (κ2) is 3.33. The Hall–Kier alpha value is -2.10. The molecule has 1 aromatic heterocycles. The fraction of sp³-hybridized carbons (Fsp3) is 0. The number of benzene rings is 1. The first kappa shape index (κ1) is 8.50. The highest BCUT2D eigenvalue weighted by molar-refractivity contribution is 5.88. The second-order valence-corrected chi connectivity index (χ2v) is 2.81. The lowest BCUT2D eigenvalue weighted by Crippen LogP contribution is -1.99. The molecule has 0 fully saturated rings. The summed E-state index contributed by atoms with van der Waals surface area (Å²) in [5.41, 5.74) is 1.01. The van der Waals surface area contributed by atoms with Gasteiger partial charge in [0.2, 0.25) is 0 Å². The topological polar surface area (TPSA) is 55.1 Å². The summed E-state index contributed by atoms with van der Waals surface area (Å²) in [7, 11) is 0. The first-order chi connectivity index (χ1) is 6.77. The van der Waals surface area contributed by atoms with E-state index in [-0.39, 0.29) is 5.56 Å². The van der Waals surface area contributed by atoms with Crippen LogP contribution >= 0.6 is 0 Å². The van der Waals surface area contributed by atoms with Crippen molar-refractivity contribution < 1.29 is 9.90 Å². The molecule has 4 nitrogen and oxygen atoms in total. The maximum absolute atomic E-state index is 10.7. The summed E-state index contributed by atoms with van der Waals surface area (Å²) in [5.74, 6) is -0.931. The van der Waals surface area contributed by atoms with Crippen molar-refractivity contribution >= 4 is 5.97 Å². The molecule has 0 unspecified atom stereocenters. The van der Waals surface area contributed by atoms with E-state index in [1.165, 1.54) is 0 Å². The van der Waals surface area contributed by atoms with Crippen LogP contribution in [-0.4, -0.2) is 20.9 Å². The molecule has 70 valence electrons. The van der Waals surface area contributed by atoms with Crippen LogP contribution in [0, 0.1) is 0 Å². The molecule has 14 heavy (non-hydrogen) atoms. The molecule has 0 radical (unpaired) electrons. The van der Waals surface area contributed by atoms with Gasteiger partial charge in [-0.15, -0.1) is 0 Å². The van der Waals surface area contributed by atoms with Crippen molar-refractivity contribution in [3.63, 3.8) is 0 Å². The average Bonchev–Trinajstić information content (AvgIpc) is 2.71. The zero-order valence-electron chi connectivity index (χ0n) is 7.29. The standard InChI is InChI=1S/C10H8N2O2/c13-10(14)8-3-1-4-9(7-8)12-6-2-5-11-12/h1-7H,(H,13,14). The van der Waals surface area contributed by atoms with Crippen LogP contribution in [0.2, 0.25) is 0 Å². The molecule has 1 N–H and O–H groups in total. The molecular formula is C10H8N2O2. The van der Waals surface area contributed by atoms with E-state index in [0.29, 0.717) is 0 Å². The van der Waals surface area contributed by atoms with Crippen LogP contribution in [0.3, 0.4) is 0 Å². The molecule has 0 aliphatic carbocycles. The highest BCUT2D eigenvalue weighted by atomic mass is 16.4. The molecule has 0 aliphatic heterocycles. The third-order valence-electron chi connectivity index (χ3n) is 1.86. The highest BCUT2D eigenvalue weighted by Gasteiger charge is 2.03. The van der Waals surface area contributed by atoms with Gasteiger partial charge in [0.25, 0.3) is 0 Å². The van der Waals surface area contributed by atoms with Crippen molar-refractivity contribution in [2.24, 2.45) is 0 Å². The van der Waals surface area contributed by atoms with Crippen molar-refractivity contribution in [2.75, 3.05) is 0 Å². The van der Waals surface area contributed by atoms with Crippen molar-refractivity contribution in [1.82, 2.24) is 9.78 Å². The lowest BCUT2D eigenvalue weighted by atomic mass is 10.2. The smallest absolute Gasteiger partial charge is 0.335 e. The van der Waals surface area contributed by atoms with Crippen LogP contribution in [0.15, 0.2) is 42.7 Å². The van der Waals surface area contributed by atoms with E-state index in [4.69, 9.17) is 5.11 Å². The molecule has 0 saturated carbocycles. The van der Waals surface area contributed by atoms with Crippen molar-refractivity contribution in [2.45, 2.75) is 0 Å². The molecular weight excluding hydrogens is 180 g/mol. The van der Waals surface area contributed by atoms with E-state index in [2.05, 4.69) is 5.10 Å². The highest BCUT2D eigenvalue weighted by Crippen LogP contribution is 2.09. The average molecular weight is 188 g/mol. The Morgan fingerprint density at radius 1 is 1.36 bits per heavy atom. The molecule has 2 aromatic rings. The summed E-state index contributed by atoms with van der Waals surface area (Å²) in [6.45, 7) is 0. The van der Waals surface area contributed by atoms with Crippen molar-refractivity contribution in [3.05, 3.63) is 48.3 Å². The predicted molar refractivity (Wildman–Crippen MR) is 50.5 cm³/mol. The minimum Gasteiger partial charge on any atom is -0.478 e. The number of carboxylic acid groups (broad SMARTS) is 1. The van der Waals surface area contributed by atoms with Gasteiger partial charge in [0.1, 0.15) is 0 Å². The third-order valence-corrected chi connectivity index (χ3v) is 1.86. The van der Waals surface area contributed by atoms with Crippen LogP contribution in [0.4, 0.5) is 0 Å². The van der Waals surface area contributed by atoms with Gasteiger partial charge < -0.3 is 5.11 Å². The number of aromatic nitrogens is 2. The molecule has 0 aliphatic rings. The summed E-state index contributed by atoms with van der Waals surface area (Å²) in [4.78, 5) is 10.7. The molecule has 0 saturated heterocycles. The first-order valence-electron chi connectivity index (χ1n) is 4.11. The second-order valence-electron chi connectivity index (χ2n) is 2.81. The maximum Gasteiger partial charge on any atom is 0.335 e. The van der Waals surface area contributed by atoms with E-state index >= 15 is 0 Å². The summed E-state index contributed by atoms with van der Waals surface area (Å²) in [5, 5.41) is 12.8. The Morgan fingerprint density at radius 3 is 2.86 bits per heavy atom. The van der Waals surface area contributed by atoms with Gasteiger partial charge in [-0.1, -0.05) is 6.07 Å². The molecule has 1 aromatic carbocycles. The number of rotatable bonds is 2. The Morgan fingerprint density at radius 2 is 2.21 bits per heavy atom. The molecule has 0 atom stereocenters. The van der Waals surface area contributed by atoms with Crippen LogP contribution < -0.4 is 0 Å². The van der Waals surface area contributed by atoms with E-state index in [1.54, 1.807) is 47.4 Å². The van der Waals surface area contributed by atoms with E-state index < -0.39 is 5.97 Å². The van der Waals surface area contributed by atoms with Crippen LogP contribution in [-0.2, 0) is 0 Å². The Labute approximate surface area is 80.4 Å². The third kappa shape index (κ3) is 1.50. The summed E-state index contributed by atoms with van der Waals surface area (Å²) in [6, 6.07) is 8.41. The molecule has 4 heteroatoms. The normalized spacial score (nSPS) is 10.0. The maximum atomic E-state index is 10.7. The molecule has 0 amide bonds. The van der Waals surface area contributed by atoms with E-state index in [0.717, 1.165) is 5.69 Å². The van der Waals surface area contributed by atoms with Crippen molar-refractivity contribution in [3.8, 4) is 5.69 Å². The van der Waals surface area contributed by atoms with Crippen LogP contribution in [0.5, 0.6) is 0 Å². The van der Waals surface area contributed by atoms with Gasteiger partial charge in [0.15, 0.2) is 0 Å². The number of hydrogen-bond acceptors (Lipinski definition) is 2. The minimum atomic E-state index is -0.931. The Bertz CT molecular complexity index is 449. The first-order valence-corrected chi connectivity index (χ1v) is 4.11. The lowest BCUT2D eigenvalue weighted by molar-refractivity contribution is 0.0697. The molecule has 0 bridgehead atoms. The fourth-order valence-electron chi connectivity index (χ4n) is 1.20. The molecule has 1 heterocycles. The van der Waals surface area contributed by atoms with Crippen LogP contribution in [0.1, 0.15) is 10.4 Å².